The van der Waals surface area contributed by atoms with Crippen LogP contribution < -0.4 is 5.32 Å². The minimum absolute atomic E-state index is 0.583. The average Bonchev–Trinajstić information content (AvgIpc) is 2.41. The summed E-state index contributed by atoms with van der Waals surface area (Å²) in [5, 5.41) is 14.5. The molecule has 0 aromatic heterocycles. The maximum absolute atomic E-state index is 11.0. The van der Waals surface area contributed by atoms with Crippen molar-refractivity contribution in [3.05, 3.63) is 35.4 Å². The summed E-state index contributed by atoms with van der Waals surface area (Å²) in [6.07, 6.45) is 4.97. The van der Waals surface area contributed by atoms with Crippen LogP contribution in [0.5, 0.6) is 0 Å². The number of aliphatic hydroxyl groups is 1. The van der Waals surface area contributed by atoms with Gasteiger partial charge in [0.25, 0.3) is 0 Å². The van der Waals surface area contributed by atoms with E-state index in [0.29, 0.717) is 12.0 Å². The number of hydrogen-bond donors (Lipinski definition) is 2. The number of benzene rings is 1. The topological polar surface area (TPSA) is 32.3 Å². The number of hydrogen-bond acceptors (Lipinski definition) is 2. The van der Waals surface area contributed by atoms with Crippen molar-refractivity contribution in [2.45, 2.75) is 64.5 Å². The van der Waals surface area contributed by atoms with Crippen molar-refractivity contribution in [3.8, 4) is 0 Å². The molecule has 2 heteroatoms. The Morgan fingerprint density at radius 2 is 2.00 bits per heavy atom. The normalized spacial score (nSPS) is 26.9. The smallest absolute Gasteiger partial charge is 0.0897 e. The molecular weight excluding hydrogens is 246 g/mol. The van der Waals surface area contributed by atoms with Crippen LogP contribution in [-0.2, 0) is 12.0 Å². The summed E-state index contributed by atoms with van der Waals surface area (Å²) in [5.41, 5.74) is 1.85. The fourth-order valence-electron chi connectivity index (χ4n) is 3.34. The molecule has 1 aliphatic carbocycles. The molecule has 1 saturated carbocycles. The molecule has 1 fully saturated rings. The van der Waals surface area contributed by atoms with Gasteiger partial charge in [0.1, 0.15) is 0 Å². The lowest BCUT2D eigenvalue weighted by molar-refractivity contribution is -0.00821. The van der Waals surface area contributed by atoms with E-state index in [2.05, 4.69) is 50.4 Å². The molecule has 0 atom stereocenters. The van der Waals surface area contributed by atoms with Crippen LogP contribution in [0, 0.1) is 5.92 Å². The van der Waals surface area contributed by atoms with Crippen molar-refractivity contribution in [2.75, 3.05) is 6.54 Å². The predicted molar refractivity (Wildman–Crippen MR) is 84.8 cm³/mol. The number of rotatable bonds is 5. The van der Waals surface area contributed by atoms with E-state index in [4.69, 9.17) is 0 Å². The van der Waals surface area contributed by atoms with E-state index in [9.17, 15) is 5.11 Å². The first-order valence-corrected chi connectivity index (χ1v) is 8.08. The molecule has 0 radical (unpaired) electrons. The first-order valence-electron chi connectivity index (χ1n) is 8.08. The van der Waals surface area contributed by atoms with Crippen LogP contribution in [-0.4, -0.2) is 17.7 Å². The standard InChI is InChI=1S/C18H29NO/c1-4-19-17-8-10-18(20,11-9-17)16-7-5-6-15(13-16)12-14(2)3/h5-7,13-14,17,19-20H,4,8-12H2,1-3H3. The Morgan fingerprint density at radius 1 is 1.30 bits per heavy atom. The second-order valence-corrected chi connectivity index (χ2v) is 6.66. The average molecular weight is 275 g/mol. The Balaban J connectivity index is 2.07. The van der Waals surface area contributed by atoms with Crippen LogP contribution in [0.25, 0.3) is 0 Å². The SMILES string of the molecule is CCNC1CCC(O)(c2cccc(CC(C)C)c2)CC1. The van der Waals surface area contributed by atoms with Crippen molar-refractivity contribution >= 4 is 0 Å². The molecule has 2 nitrogen and oxygen atoms in total. The first-order chi connectivity index (χ1) is 9.53. The molecule has 0 heterocycles. The van der Waals surface area contributed by atoms with Gasteiger partial charge in [-0.25, -0.2) is 0 Å². The minimum Gasteiger partial charge on any atom is -0.385 e. The van der Waals surface area contributed by atoms with Gasteiger partial charge in [-0.2, -0.15) is 0 Å². The van der Waals surface area contributed by atoms with Gasteiger partial charge in [0.15, 0.2) is 0 Å². The van der Waals surface area contributed by atoms with Gasteiger partial charge in [-0.1, -0.05) is 45.0 Å². The molecule has 20 heavy (non-hydrogen) atoms. The predicted octanol–water partition coefficient (Wildman–Crippen LogP) is 3.62. The third-order valence-electron chi connectivity index (χ3n) is 4.41. The molecule has 0 amide bonds. The van der Waals surface area contributed by atoms with Crippen LogP contribution in [0.2, 0.25) is 0 Å². The lowest BCUT2D eigenvalue weighted by Crippen LogP contribution is -2.39. The van der Waals surface area contributed by atoms with Gasteiger partial charge < -0.3 is 10.4 Å². The minimum atomic E-state index is -0.612. The molecule has 1 aliphatic rings. The van der Waals surface area contributed by atoms with E-state index in [1.807, 2.05) is 0 Å². The van der Waals surface area contributed by atoms with E-state index < -0.39 is 5.60 Å². The third kappa shape index (κ3) is 3.83. The van der Waals surface area contributed by atoms with Crippen LogP contribution in [0.3, 0.4) is 0 Å². The summed E-state index contributed by atoms with van der Waals surface area (Å²) in [5.74, 6) is 0.657. The molecule has 0 bridgehead atoms. The highest BCUT2D eigenvalue weighted by Crippen LogP contribution is 2.37. The lowest BCUT2D eigenvalue weighted by Gasteiger charge is -2.37. The molecule has 1 aromatic rings. The maximum atomic E-state index is 11.0. The van der Waals surface area contributed by atoms with E-state index >= 15 is 0 Å². The Morgan fingerprint density at radius 3 is 2.60 bits per heavy atom. The van der Waals surface area contributed by atoms with Gasteiger partial charge in [0, 0.05) is 6.04 Å². The molecule has 0 spiro atoms. The zero-order valence-electron chi connectivity index (χ0n) is 13.2. The van der Waals surface area contributed by atoms with Gasteiger partial charge in [-0.05, 0) is 55.7 Å². The van der Waals surface area contributed by atoms with E-state index in [-0.39, 0.29) is 0 Å². The highest BCUT2D eigenvalue weighted by Gasteiger charge is 2.34. The molecule has 0 unspecified atom stereocenters. The Kier molecular flexibility index (Phi) is 5.22. The monoisotopic (exact) mass is 275 g/mol. The van der Waals surface area contributed by atoms with Crippen LogP contribution in [0.15, 0.2) is 24.3 Å². The second kappa shape index (κ2) is 6.73. The molecule has 0 aliphatic heterocycles. The Hall–Kier alpha value is -0.860. The molecule has 0 saturated heterocycles. The molecule has 2 rings (SSSR count). The fraction of sp³-hybridized carbons (Fsp3) is 0.667. The molecular formula is C18H29NO. The summed E-state index contributed by atoms with van der Waals surface area (Å²) >= 11 is 0. The zero-order valence-corrected chi connectivity index (χ0v) is 13.2. The summed E-state index contributed by atoms with van der Waals surface area (Å²) in [6, 6.07) is 9.17. The van der Waals surface area contributed by atoms with E-state index in [0.717, 1.165) is 44.2 Å². The largest absolute Gasteiger partial charge is 0.385 e. The molecule has 1 aromatic carbocycles. The summed E-state index contributed by atoms with van der Waals surface area (Å²) in [6.45, 7) is 7.65. The van der Waals surface area contributed by atoms with Crippen molar-refractivity contribution in [1.82, 2.24) is 5.32 Å². The highest BCUT2D eigenvalue weighted by molar-refractivity contribution is 5.29. The summed E-state index contributed by atoms with van der Waals surface area (Å²) < 4.78 is 0. The summed E-state index contributed by atoms with van der Waals surface area (Å²) in [4.78, 5) is 0. The van der Waals surface area contributed by atoms with Gasteiger partial charge in [-0.15, -0.1) is 0 Å². The first kappa shape index (κ1) is 15.5. The van der Waals surface area contributed by atoms with Crippen molar-refractivity contribution in [1.29, 1.82) is 0 Å². The van der Waals surface area contributed by atoms with Crippen LogP contribution >= 0.6 is 0 Å². The van der Waals surface area contributed by atoms with Crippen LogP contribution in [0.4, 0.5) is 0 Å². The fourth-order valence-corrected chi connectivity index (χ4v) is 3.34. The van der Waals surface area contributed by atoms with Crippen LogP contribution in [0.1, 0.15) is 57.6 Å². The van der Waals surface area contributed by atoms with Crippen molar-refractivity contribution in [3.63, 3.8) is 0 Å². The maximum Gasteiger partial charge on any atom is 0.0897 e. The number of nitrogens with one attached hydrogen (secondary N) is 1. The van der Waals surface area contributed by atoms with Gasteiger partial charge in [-0.3, -0.25) is 0 Å². The Labute approximate surface area is 123 Å². The van der Waals surface area contributed by atoms with Gasteiger partial charge in [0.05, 0.1) is 5.60 Å². The highest BCUT2D eigenvalue weighted by atomic mass is 16.3. The quantitative estimate of drug-likeness (QED) is 0.860. The van der Waals surface area contributed by atoms with E-state index in [1.165, 1.54) is 5.56 Å². The lowest BCUT2D eigenvalue weighted by atomic mass is 9.77. The van der Waals surface area contributed by atoms with E-state index in [1.54, 1.807) is 0 Å². The Bertz CT molecular complexity index is 419. The van der Waals surface area contributed by atoms with Gasteiger partial charge in [0.2, 0.25) is 0 Å². The zero-order chi connectivity index (χ0) is 14.6. The van der Waals surface area contributed by atoms with Crippen molar-refractivity contribution < 1.29 is 5.11 Å². The van der Waals surface area contributed by atoms with Crippen molar-refractivity contribution in [2.24, 2.45) is 5.92 Å². The summed E-state index contributed by atoms with van der Waals surface area (Å²) in [7, 11) is 0. The van der Waals surface area contributed by atoms with Gasteiger partial charge >= 0.3 is 0 Å². The molecule has 2 N–H and O–H groups in total. The second-order valence-electron chi connectivity index (χ2n) is 6.66. The third-order valence-corrected chi connectivity index (χ3v) is 4.41. The molecule has 112 valence electrons.